The molecule has 3 heterocycles. The van der Waals surface area contributed by atoms with Gasteiger partial charge in [-0.3, -0.25) is 14.6 Å². The first-order chi connectivity index (χ1) is 14.7. The third kappa shape index (κ3) is 4.83. The molecular formula is C22H26N4O4. The molecule has 2 saturated heterocycles. The minimum absolute atomic E-state index is 0.0351. The van der Waals surface area contributed by atoms with E-state index >= 15 is 0 Å². The molecular weight excluding hydrogens is 384 g/mol. The third-order valence-electron chi connectivity index (χ3n) is 5.57. The molecule has 0 N–H and O–H groups in total. The van der Waals surface area contributed by atoms with Gasteiger partial charge in [-0.15, -0.1) is 0 Å². The zero-order valence-electron chi connectivity index (χ0n) is 16.9. The highest BCUT2D eigenvalue weighted by molar-refractivity contribution is 5.92. The SMILES string of the molecule is O=C(CCN(Cc1ccccc1)C(=O)c1cnccn1)N1CCC2(CC1)OCCO2. The monoisotopic (exact) mass is 410 g/mol. The number of amides is 2. The van der Waals surface area contributed by atoms with E-state index in [1.54, 1.807) is 4.90 Å². The van der Waals surface area contributed by atoms with Crippen molar-refractivity contribution in [3.63, 3.8) is 0 Å². The summed E-state index contributed by atoms with van der Waals surface area (Å²) < 4.78 is 11.5. The Bertz CT molecular complexity index is 846. The molecule has 1 aromatic carbocycles. The van der Waals surface area contributed by atoms with Crippen molar-refractivity contribution < 1.29 is 19.1 Å². The van der Waals surface area contributed by atoms with E-state index in [0.717, 1.165) is 5.56 Å². The van der Waals surface area contributed by atoms with Crippen molar-refractivity contribution >= 4 is 11.8 Å². The molecule has 2 aromatic rings. The van der Waals surface area contributed by atoms with Gasteiger partial charge in [0.2, 0.25) is 5.91 Å². The van der Waals surface area contributed by atoms with E-state index in [1.807, 2.05) is 35.2 Å². The number of hydrogen-bond acceptors (Lipinski definition) is 6. The predicted molar refractivity (Wildman–Crippen MR) is 108 cm³/mol. The molecule has 8 nitrogen and oxygen atoms in total. The molecule has 4 rings (SSSR count). The van der Waals surface area contributed by atoms with E-state index in [4.69, 9.17) is 9.47 Å². The number of carbonyl (C=O) groups excluding carboxylic acids is 2. The van der Waals surface area contributed by atoms with Gasteiger partial charge in [0.05, 0.1) is 19.4 Å². The van der Waals surface area contributed by atoms with Crippen LogP contribution in [0.1, 0.15) is 35.3 Å². The molecule has 2 amide bonds. The summed E-state index contributed by atoms with van der Waals surface area (Å²) in [7, 11) is 0. The first-order valence-electron chi connectivity index (χ1n) is 10.3. The number of hydrogen-bond donors (Lipinski definition) is 0. The molecule has 1 aromatic heterocycles. The highest BCUT2D eigenvalue weighted by Crippen LogP contribution is 2.31. The fourth-order valence-electron chi connectivity index (χ4n) is 3.90. The van der Waals surface area contributed by atoms with E-state index in [9.17, 15) is 9.59 Å². The molecule has 8 heteroatoms. The van der Waals surface area contributed by atoms with Crippen LogP contribution in [-0.4, -0.2) is 70.2 Å². The molecule has 0 atom stereocenters. The normalized spacial score (nSPS) is 17.8. The van der Waals surface area contributed by atoms with Gasteiger partial charge in [-0.1, -0.05) is 30.3 Å². The molecule has 1 spiro atoms. The first kappa shape index (κ1) is 20.4. The van der Waals surface area contributed by atoms with Crippen molar-refractivity contribution in [1.82, 2.24) is 19.8 Å². The van der Waals surface area contributed by atoms with Crippen LogP contribution >= 0.6 is 0 Å². The number of ether oxygens (including phenoxy) is 2. The van der Waals surface area contributed by atoms with Gasteiger partial charge >= 0.3 is 0 Å². The summed E-state index contributed by atoms with van der Waals surface area (Å²) in [5.74, 6) is -0.698. The number of aromatic nitrogens is 2. The van der Waals surface area contributed by atoms with Crippen LogP contribution in [-0.2, 0) is 20.8 Å². The van der Waals surface area contributed by atoms with Crippen LogP contribution in [0.4, 0.5) is 0 Å². The maximum Gasteiger partial charge on any atom is 0.274 e. The number of benzene rings is 1. The summed E-state index contributed by atoms with van der Waals surface area (Å²) in [5, 5.41) is 0. The molecule has 30 heavy (non-hydrogen) atoms. The van der Waals surface area contributed by atoms with E-state index in [-0.39, 0.29) is 23.9 Å². The molecule has 2 aliphatic heterocycles. The molecule has 0 radical (unpaired) electrons. The van der Waals surface area contributed by atoms with Gasteiger partial charge in [-0.05, 0) is 5.56 Å². The Morgan fingerprint density at radius 1 is 1.07 bits per heavy atom. The summed E-state index contributed by atoms with van der Waals surface area (Å²) in [5.41, 5.74) is 1.27. The molecule has 158 valence electrons. The van der Waals surface area contributed by atoms with E-state index in [1.165, 1.54) is 18.6 Å². The third-order valence-corrected chi connectivity index (χ3v) is 5.57. The average Bonchev–Trinajstić information content (AvgIpc) is 3.25. The minimum atomic E-state index is -0.502. The van der Waals surface area contributed by atoms with Gasteiger partial charge in [0.15, 0.2) is 5.79 Å². The van der Waals surface area contributed by atoms with Crippen LogP contribution in [0.25, 0.3) is 0 Å². The molecule has 0 aliphatic carbocycles. The fourth-order valence-corrected chi connectivity index (χ4v) is 3.90. The standard InChI is InChI=1S/C22H26N4O4/c27-20(25-12-7-22(8-13-25)29-14-15-30-22)6-11-26(17-18-4-2-1-3-5-18)21(28)19-16-23-9-10-24-19/h1-5,9-10,16H,6-8,11-15,17H2. The Morgan fingerprint density at radius 2 is 1.80 bits per heavy atom. The zero-order chi connectivity index (χ0) is 20.8. The Hall–Kier alpha value is -2.84. The molecule has 2 aliphatic rings. The Balaban J connectivity index is 1.37. The maximum atomic E-state index is 13.0. The highest BCUT2D eigenvalue weighted by Gasteiger charge is 2.40. The molecule has 0 saturated carbocycles. The van der Waals surface area contributed by atoms with Crippen LogP contribution in [0.3, 0.4) is 0 Å². The number of carbonyl (C=O) groups is 2. The second-order valence-electron chi connectivity index (χ2n) is 7.54. The lowest BCUT2D eigenvalue weighted by Gasteiger charge is -2.37. The van der Waals surface area contributed by atoms with Crippen molar-refractivity contribution in [2.45, 2.75) is 31.6 Å². The molecule has 0 unspecified atom stereocenters. The lowest BCUT2D eigenvalue weighted by molar-refractivity contribution is -0.187. The first-order valence-corrected chi connectivity index (χ1v) is 10.3. The van der Waals surface area contributed by atoms with Gasteiger partial charge in [-0.2, -0.15) is 0 Å². The highest BCUT2D eigenvalue weighted by atomic mass is 16.7. The molecule has 0 bridgehead atoms. The van der Waals surface area contributed by atoms with E-state index < -0.39 is 5.79 Å². The van der Waals surface area contributed by atoms with Gasteiger partial charge in [0.1, 0.15) is 5.69 Å². The Kier molecular flexibility index (Phi) is 6.35. The van der Waals surface area contributed by atoms with Crippen LogP contribution in [0.2, 0.25) is 0 Å². The molecule has 2 fully saturated rings. The maximum absolute atomic E-state index is 13.0. The predicted octanol–water partition coefficient (Wildman–Crippen LogP) is 1.87. The van der Waals surface area contributed by atoms with Crippen molar-refractivity contribution in [2.75, 3.05) is 32.8 Å². The Labute approximate surface area is 175 Å². The second kappa shape index (κ2) is 9.32. The Morgan fingerprint density at radius 3 is 2.47 bits per heavy atom. The summed E-state index contributed by atoms with van der Waals surface area (Å²) >= 11 is 0. The fraction of sp³-hybridized carbons (Fsp3) is 0.455. The number of rotatable bonds is 6. The number of nitrogens with zero attached hydrogens (tertiary/aromatic N) is 4. The summed E-state index contributed by atoms with van der Waals surface area (Å²) in [6.07, 6.45) is 6.11. The van der Waals surface area contributed by atoms with Crippen LogP contribution in [0, 0.1) is 0 Å². The zero-order valence-corrected chi connectivity index (χ0v) is 16.9. The van der Waals surface area contributed by atoms with Gasteiger partial charge in [0, 0.05) is 57.8 Å². The van der Waals surface area contributed by atoms with Crippen LogP contribution in [0.5, 0.6) is 0 Å². The quantitative estimate of drug-likeness (QED) is 0.723. The van der Waals surface area contributed by atoms with Gasteiger partial charge in [0.25, 0.3) is 5.91 Å². The van der Waals surface area contributed by atoms with Gasteiger partial charge < -0.3 is 19.3 Å². The largest absolute Gasteiger partial charge is 0.347 e. The summed E-state index contributed by atoms with van der Waals surface area (Å²) in [6.45, 7) is 3.18. The van der Waals surface area contributed by atoms with E-state index in [0.29, 0.717) is 52.2 Å². The smallest absolute Gasteiger partial charge is 0.274 e. The summed E-state index contributed by atoms with van der Waals surface area (Å²) in [4.78, 5) is 37.4. The van der Waals surface area contributed by atoms with Crippen LogP contribution in [0.15, 0.2) is 48.9 Å². The average molecular weight is 410 g/mol. The second-order valence-corrected chi connectivity index (χ2v) is 7.54. The number of piperidine rings is 1. The van der Waals surface area contributed by atoms with Crippen molar-refractivity contribution in [3.05, 3.63) is 60.2 Å². The van der Waals surface area contributed by atoms with Crippen molar-refractivity contribution in [2.24, 2.45) is 0 Å². The van der Waals surface area contributed by atoms with Crippen molar-refractivity contribution in [3.8, 4) is 0 Å². The van der Waals surface area contributed by atoms with Crippen LogP contribution < -0.4 is 0 Å². The minimum Gasteiger partial charge on any atom is -0.347 e. The van der Waals surface area contributed by atoms with Crippen molar-refractivity contribution in [1.29, 1.82) is 0 Å². The number of likely N-dealkylation sites (tertiary alicyclic amines) is 1. The van der Waals surface area contributed by atoms with Gasteiger partial charge in [-0.25, -0.2) is 4.98 Å². The topological polar surface area (TPSA) is 84.9 Å². The van der Waals surface area contributed by atoms with E-state index in [2.05, 4.69) is 9.97 Å². The summed E-state index contributed by atoms with van der Waals surface area (Å²) in [6, 6.07) is 9.72. The lowest BCUT2D eigenvalue weighted by atomic mass is 10.0. The lowest BCUT2D eigenvalue weighted by Crippen LogP contribution is -2.48.